The minimum Gasteiger partial charge on any atom is -0.454 e. The Bertz CT molecular complexity index is 1070. The number of esters is 1. The van der Waals surface area contributed by atoms with Crippen molar-refractivity contribution in [2.24, 2.45) is 0 Å². The molecule has 0 amide bonds. The number of carbonyl (C=O) groups is 1. The van der Waals surface area contributed by atoms with Crippen LogP contribution in [0.2, 0.25) is 0 Å². The fourth-order valence-electron chi connectivity index (χ4n) is 2.81. The van der Waals surface area contributed by atoms with Crippen molar-refractivity contribution >= 4 is 28.2 Å². The standard InChI is InChI=1S/C19H17N5O2S/c1-2-9-24-18(21-22-23-24)12-26-19(25)14-11-16(17-8-5-10-27-17)20-15-7-4-3-6-13(14)15/h3-8,10-11H,2,9,12H2,1H3. The minimum atomic E-state index is -0.419. The highest BCUT2D eigenvalue weighted by Crippen LogP contribution is 2.28. The third-order valence-electron chi connectivity index (χ3n) is 4.08. The van der Waals surface area contributed by atoms with Gasteiger partial charge in [0.15, 0.2) is 12.4 Å². The minimum absolute atomic E-state index is 0.0246. The molecule has 4 aromatic rings. The molecule has 136 valence electrons. The van der Waals surface area contributed by atoms with Crippen LogP contribution in [-0.2, 0) is 17.9 Å². The number of para-hydroxylation sites is 1. The van der Waals surface area contributed by atoms with Gasteiger partial charge >= 0.3 is 5.97 Å². The summed E-state index contributed by atoms with van der Waals surface area (Å²) in [5.41, 5.74) is 2.00. The van der Waals surface area contributed by atoms with Crippen LogP contribution < -0.4 is 0 Å². The number of hydrogen-bond acceptors (Lipinski definition) is 7. The number of pyridine rings is 1. The number of thiophene rings is 1. The molecule has 0 atom stereocenters. The Labute approximate surface area is 159 Å². The lowest BCUT2D eigenvalue weighted by atomic mass is 10.1. The summed E-state index contributed by atoms with van der Waals surface area (Å²) < 4.78 is 7.16. The molecule has 0 radical (unpaired) electrons. The van der Waals surface area contributed by atoms with Crippen molar-refractivity contribution in [3.05, 3.63) is 59.2 Å². The van der Waals surface area contributed by atoms with Gasteiger partial charge in [-0.05, 0) is 40.4 Å². The predicted molar refractivity (Wildman–Crippen MR) is 102 cm³/mol. The third-order valence-corrected chi connectivity index (χ3v) is 4.98. The smallest absolute Gasteiger partial charge is 0.339 e. The second-order valence-electron chi connectivity index (χ2n) is 5.94. The number of aryl methyl sites for hydroxylation is 1. The molecule has 1 aromatic carbocycles. The molecule has 3 aromatic heterocycles. The van der Waals surface area contributed by atoms with Crippen molar-refractivity contribution in [2.45, 2.75) is 26.5 Å². The van der Waals surface area contributed by atoms with Gasteiger partial charge in [0.25, 0.3) is 0 Å². The van der Waals surface area contributed by atoms with Crippen LogP contribution in [0.15, 0.2) is 47.8 Å². The number of carbonyl (C=O) groups excluding carboxylic acids is 1. The number of aromatic nitrogens is 5. The van der Waals surface area contributed by atoms with Gasteiger partial charge in [0.2, 0.25) is 0 Å². The fourth-order valence-corrected chi connectivity index (χ4v) is 3.50. The summed E-state index contributed by atoms with van der Waals surface area (Å²) in [6.07, 6.45) is 0.894. The number of hydrogen-bond donors (Lipinski definition) is 0. The second kappa shape index (κ2) is 7.63. The fraction of sp³-hybridized carbons (Fsp3) is 0.211. The molecule has 0 saturated carbocycles. The zero-order valence-electron chi connectivity index (χ0n) is 14.7. The van der Waals surface area contributed by atoms with Gasteiger partial charge in [0, 0.05) is 11.9 Å². The molecule has 0 fully saturated rings. The summed E-state index contributed by atoms with van der Waals surface area (Å²) in [7, 11) is 0. The summed E-state index contributed by atoms with van der Waals surface area (Å²) in [5.74, 6) is 0.111. The van der Waals surface area contributed by atoms with E-state index in [2.05, 4.69) is 20.5 Å². The van der Waals surface area contributed by atoms with E-state index >= 15 is 0 Å². The lowest BCUT2D eigenvalue weighted by molar-refractivity contribution is 0.0458. The number of ether oxygens (including phenoxy) is 1. The van der Waals surface area contributed by atoms with Gasteiger partial charge in [-0.15, -0.1) is 16.4 Å². The monoisotopic (exact) mass is 379 g/mol. The maximum Gasteiger partial charge on any atom is 0.339 e. The van der Waals surface area contributed by atoms with Crippen LogP contribution in [0.4, 0.5) is 0 Å². The molecule has 3 heterocycles. The highest BCUT2D eigenvalue weighted by molar-refractivity contribution is 7.13. The van der Waals surface area contributed by atoms with E-state index < -0.39 is 5.97 Å². The molecule has 0 bridgehead atoms. The lowest BCUT2D eigenvalue weighted by Crippen LogP contribution is -2.11. The largest absolute Gasteiger partial charge is 0.454 e. The van der Waals surface area contributed by atoms with E-state index in [0.717, 1.165) is 27.9 Å². The predicted octanol–water partition coefficient (Wildman–Crippen LogP) is 3.72. The lowest BCUT2D eigenvalue weighted by Gasteiger charge is -2.09. The number of fused-ring (bicyclic) bond motifs is 1. The Morgan fingerprint density at radius 1 is 1.22 bits per heavy atom. The van der Waals surface area contributed by atoms with Crippen LogP contribution in [0, 0.1) is 0 Å². The van der Waals surface area contributed by atoms with Crippen LogP contribution >= 0.6 is 11.3 Å². The first-order valence-electron chi connectivity index (χ1n) is 8.62. The molecular weight excluding hydrogens is 362 g/mol. The third kappa shape index (κ3) is 3.56. The van der Waals surface area contributed by atoms with Gasteiger partial charge in [-0.25, -0.2) is 14.5 Å². The topological polar surface area (TPSA) is 82.8 Å². The molecule has 0 unspecified atom stereocenters. The van der Waals surface area contributed by atoms with E-state index in [-0.39, 0.29) is 6.61 Å². The maximum atomic E-state index is 12.8. The normalized spacial score (nSPS) is 11.0. The van der Waals surface area contributed by atoms with Crippen molar-refractivity contribution in [2.75, 3.05) is 0 Å². The first kappa shape index (κ1) is 17.3. The van der Waals surface area contributed by atoms with Gasteiger partial charge < -0.3 is 4.74 Å². The molecule has 0 aliphatic rings. The molecule has 0 N–H and O–H groups in total. The molecule has 0 saturated heterocycles. The molecule has 0 spiro atoms. The van der Waals surface area contributed by atoms with Gasteiger partial charge in [-0.1, -0.05) is 31.2 Å². The number of tetrazole rings is 1. The van der Waals surface area contributed by atoms with E-state index in [0.29, 0.717) is 17.9 Å². The first-order valence-corrected chi connectivity index (χ1v) is 9.50. The zero-order chi connectivity index (χ0) is 18.6. The summed E-state index contributed by atoms with van der Waals surface area (Å²) in [6.45, 7) is 2.74. The Morgan fingerprint density at radius 2 is 2.11 bits per heavy atom. The SMILES string of the molecule is CCCn1nnnc1COC(=O)c1cc(-c2cccs2)nc2ccccc12. The Hall–Kier alpha value is -3.13. The van der Waals surface area contributed by atoms with Crippen LogP contribution in [0.3, 0.4) is 0 Å². The van der Waals surface area contributed by atoms with E-state index in [4.69, 9.17) is 4.74 Å². The highest BCUT2D eigenvalue weighted by Gasteiger charge is 2.17. The molecule has 7 nitrogen and oxygen atoms in total. The van der Waals surface area contributed by atoms with Crippen LogP contribution in [0.1, 0.15) is 29.5 Å². The summed E-state index contributed by atoms with van der Waals surface area (Å²) in [5, 5.41) is 14.2. The second-order valence-corrected chi connectivity index (χ2v) is 6.89. The number of benzene rings is 1. The Kier molecular flexibility index (Phi) is 4.88. The van der Waals surface area contributed by atoms with E-state index in [1.807, 2.05) is 48.7 Å². The van der Waals surface area contributed by atoms with Gasteiger partial charge in [-0.3, -0.25) is 0 Å². The van der Waals surface area contributed by atoms with Gasteiger partial charge in [0.1, 0.15) is 0 Å². The average Bonchev–Trinajstić information content (AvgIpc) is 3.38. The van der Waals surface area contributed by atoms with Gasteiger partial charge in [0.05, 0.1) is 21.7 Å². The van der Waals surface area contributed by atoms with Crippen molar-refractivity contribution in [3.8, 4) is 10.6 Å². The van der Waals surface area contributed by atoms with Crippen molar-refractivity contribution in [3.63, 3.8) is 0 Å². The molecule has 0 aliphatic heterocycles. The zero-order valence-corrected chi connectivity index (χ0v) is 15.5. The summed E-state index contributed by atoms with van der Waals surface area (Å²) >= 11 is 1.58. The van der Waals surface area contributed by atoms with E-state index in [1.165, 1.54) is 0 Å². The molecular formula is C19H17N5O2S. The number of rotatable bonds is 6. The summed E-state index contributed by atoms with van der Waals surface area (Å²) in [4.78, 5) is 18.5. The average molecular weight is 379 g/mol. The molecule has 4 rings (SSSR count). The van der Waals surface area contributed by atoms with Crippen LogP contribution in [-0.4, -0.2) is 31.2 Å². The Balaban J connectivity index is 1.65. The van der Waals surface area contributed by atoms with Crippen molar-refractivity contribution in [1.29, 1.82) is 0 Å². The van der Waals surface area contributed by atoms with Crippen LogP contribution in [0.5, 0.6) is 0 Å². The first-order chi connectivity index (χ1) is 13.3. The van der Waals surface area contributed by atoms with Crippen LogP contribution in [0.25, 0.3) is 21.5 Å². The van der Waals surface area contributed by atoms with E-state index in [1.54, 1.807) is 22.1 Å². The van der Waals surface area contributed by atoms with Crippen molar-refractivity contribution < 1.29 is 9.53 Å². The Morgan fingerprint density at radius 3 is 2.93 bits per heavy atom. The van der Waals surface area contributed by atoms with Crippen molar-refractivity contribution in [1.82, 2.24) is 25.2 Å². The molecule has 8 heteroatoms. The van der Waals surface area contributed by atoms with E-state index in [9.17, 15) is 4.79 Å². The quantitative estimate of drug-likeness (QED) is 0.475. The highest BCUT2D eigenvalue weighted by atomic mass is 32.1. The molecule has 0 aliphatic carbocycles. The summed E-state index contributed by atoms with van der Waals surface area (Å²) in [6, 6.07) is 13.3. The maximum absolute atomic E-state index is 12.8. The van der Waals surface area contributed by atoms with Gasteiger partial charge in [-0.2, -0.15) is 0 Å². The number of nitrogens with zero attached hydrogens (tertiary/aromatic N) is 5. The molecule has 27 heavy (non-hydrogen) atoms.